The van der Waals surface area contributed by atoms with Gasteiger partial charge in [0, 0.05) is 18.2 Å². The Morgan fingerprint density at radius 3 is 2.75 bits per heavy atom. The molecule has 1 aliphatic carbocycles. The van der Waals surface area contributed by atoms with Crippen molar-refractivity contribution in [2.75, 3.05) is 0 Å². The number of rotatable bonds is 2. The summed E-state index contributed by atoms with van der Waals surface area (Å²) in [6, 6.07) is 1.70. The Morgan fingerprint density at radius 2 is 2.15 bits per heavy atom. The van der Waals surface area contributed by atoms with Crippen LogP contribution in [0.3, 0.4) is 0 Å². The highest BCUT2D eigenvalue weighted by Crippen LogP contribution is 2.41. The number of fused-ring (bicyclic) bond motifs is 1. The van der Waals surface area contributed by atoms with Crippen LogP contribution in [0, 0.1) is 6.92 Å². The summed E-state index contributed by atoms with van der Waals surface area (Å²) in [6.45, 7) is 1.85. The zero-order valence-electron chi connectivity index (χ0n) is 10.8. The molecule has 2 aromatic rings. The fourth-order valence-corrected chi connectivity index (χ4v) is 3.92. The topological polar surface area (TPSA) is 34.9 Å². The van der Waals surface area contributed by atoms with Gasteiger partial charge in [0.25, 0.3) is 5.24 Å². The fraction of sp³-hybridized carbons (Fsp3) is 0.538. The summed E-state index contributed by atoms with van der Waals surface area (Å²) in [5.41, 5.74) is 0.803. The zero-order valence-corrected chi connectivity index (χ0v) is 12.4. The van der Waals surface area contributed by atoms with Crippen molar-refractivity contribution in [3.8, 4) is 0 Å². The average molecular weight is 319 g/mol. The lowest BCUT2D eigenvalue weighted by Crippen LogP contribution is -2.26. The van der Waals surface area contributed by atoms with E-state index in [0.29, 0.717) is 17.7 Å². The second kappa shape index (κ2) is 4.77. The normalized spacial score (nSPS) is 19.6. The third-order valence-corrected chi connectivity index (χ3v) is 5.23. The number of halogens is 3. The number of carbonyl (C=O) groups is 1. The Kier molecular flexibility index (Phi) is 3.33. The van der Waals surface area contributed by atoms with Crippen molar-refractivity contribution in [1.82, 2.24) is 9.78 Å². The molecule has 0 amide bonds. The third kappa shape index (κ3) is 2.35. The molecule has 108 valence electrons. The summed E-state index contributed by atoms with van der Waals surface area (Å²) in [7, 11) is 0. The highest BCUT2D eigenvalue weighted by Gasteiger charge is 2.36. The lowest BCUT2D eigenvalue weighted by atomic mass is 9.92. The minimum absolute atomic E-state index is 0.0252. The summed E-state index contributed by atoms with van der Waals surface area (Å²) in [6.07, 6.45) is 0.603. The molecule has 7 heteroatoms. The van der Waals surface area contributed by atoms with Crippen LogP contribution in [-0.2, 0) is 0 Å². The summed E-state index contributed by atoms with van der Waals surface area (Å²) >= 11 is 6.78. The average Bonchev–Trinajstić information content (AvgIpc) is 2.91. The first kappa shape index (κ1) is 13.9. The second-order valence-electron chi connectivity index (χ2n) is 5.22. The molecule has 0 spiro atoms. The molecule has 0 atom stereocenters. The minimum atomic E-state index is -2.55. The molecular weight excluding hydrogens is 306 g/mol. The number of hydrogen-bond donors (Lipinski definition) is 0. The predicted octanol–water partition coefficient (Wildman–Crippen LogP) is 4.54. The Balaban J connectivity index is 1.97. The Labute approximate surface area is 123 Å². The molecule has 20 heavy (non-hydrogen) atoms. The minimum Gasteiger partial charge on any atom is -0.275 e. The van der Waals surface area contributed by atoms with E-state index < -0.39 is 11.2 Å². The van der Waals surface area contributed by atoms with E-state index in [-0.39, 0.29) is 18.9 Å². The van der Waals surface area contributed by atoms with Crippen molar-refractivity contribution in [3.05, 3.63) is 16.6 Å². The highest BCUT2D eigenvalue weighted by molar-refractivity contribution is 7.21. The van der Waals surface area contributed by atoms with E-state index in [0.717, 1.165) is 15.9 Å². The molecule has 0 N–H and O–H groups in total. The lowest BCUT2D eigenvalue weighted by Gasteiger charge is -2.28. The molecule has 3 nitrogen and oxygen atoms in total. The van der Waals surface area contributed by atoms with Gasteiger partial charge in [0.05, 0.1) is 16.6 Å². The third-order valence-electron chi connectivity index (χ3n) is 3.79. The standard InChI is InChI=1S/C13H13ClF2N2OS/c1-7-9-6-10(11(14)19)20-12(9)18(17-7)8-2-4-13(15,16)5-3-8/h6,8H,2-5H2,1H3. The molecular formula is C13H13ClF2N2OS. The number of alkyl halides is 2. The van der Waals surface area contributed by atoms with Gasteiger partial charge >= 0.3 is 0 Å². The second-order valence-corrected chi connectivity index (χ2v) is 6.59. The molecule has 1 fully saturated rings. The van der Waals surface area contributed by atoms with Crippen LogP contribution in [0.25, 0.3) is 10.2 Å². The van der Waals surface area contributed by atoms with Crippen LogP contribution < -0.4 is 0 Å². The predicted molar refractivity (Wildman–Crippen MR) is 75.0 cm³/mol. The van der Waals surface area contributed by atoms with Crippen molar-refractivity contribution < 1.29 is 13.6 Å². The first-order valence-electron chi connectivity index (χ1n) is 6.44. The largest absolute Gasteiger partial charge is 0.275 e. The maximum absolute atomic E-state index is 13.2. The van der Waals surface area contributed by atoms with E-state index in [4.69, 9.17) is 11.6 Å². The van der Waals surface area contributed by atoms with Crippen molar-refractivity contribution >= 4 is 38.4 Å². The monoisotopic (exact) mass is 318 g/mol. The van der Waals surface area contributed by atoms with Crippen LogP contribution in [0.5, 0.6) is 0 Å². The quantitative estimate of drug-likeness (QED) is 0.762. The molecule has 0 bridgehead atoms. The van der Waals surface area contributed by atoms with Gasteiger partial charge in [-0.15, -0.1) is 11.3 Å². The number of hydrogen-bond acceptors (Lipinski definition) is 3. The van der Waals surface area contributed by atoms with Crippen LogP contribution in [-0.4, -0.2) is 20.9 Å². The number of aryl methyl sites for hydroxylation is 1. The summed E-state index contributed by atoms with van der Waals surface area (Å²) in [4.78, 5) is 12.6. The summed E-state index contributed by atoms with van der Waals surface area (Å²) in [5.74, 6) is -2.55. The maximum atomic E-state index is 13.2. The number of thiophene rings is 1. The van der Waals surface area contributed by atoms with Gasteiger partial charge in [-0.1, -0.05) is 0 Å². The van der Waals surface area contributed by atoms with E-state index in [9.17, 15) is 13.6 Å². The Bertz CT molecular complexity index is 669. The fourth-order valence-electron chi connectivity index (χ4n) is 2.69. The maximum Gasteiger partial charge on any atom is 0.262 e. The molecule has 0 saturated heterocycles. The molecule has 0 aliphatic heterocycles. The van der Waals surface area contributed by atoms with Crippen LogP contribution in [0.15, 0.2) is 6.07 Å². The molecule has 3 rings (SSSR count). The van der Waals surface area contributed by atoms with Gasteiger partial charge in [-0.05, 0) is 37.4 Å². The smallest absolute Gasteiger partial charge is 0.262 e. The van der Waals surface area contributed by atoms with Crippen molar-refractivity contribution in [1.29, 1.82) is 0 Å². The SMILES string of the molecule is Cc1nn(C2CCC(F)(F)CC2)c2sc(C(=O)Cl)cc12. The van der Waals surface area contributed by atoms with Crippen LogP contribution in [0.2, 0.25) is 0 Å². The first-order chi connectivity index (χ1) is 9.37. The Morgan fingerprint density at radius 1 is 1.50 bits per heavy atom. The van der Waals surface area contributed by atoms with E-state index in [1.165, 1.54) is 11.3 Å². The summed E-state index contributed by atoms with van der Waals surface area (Å²) < 4.78 is 28.3. The van der Waals surface area contributed by atoms with Gasteiger partial charge in [-0.3, -0.25) is 9.48 Å². The number of carbonyl (C=O) groups excluding carboxylic acids is 1. The first-order valence-corrected chi connectivity index (χ1v) is 7.63. The van der Waals surface area contributed by atoms with Gasteiger partial charge in [-0.2, -0.15) is 5.10 Å². The molecule has 1 saturated carbocycles. The van der Waals surface area contributed by atoms with Crippen LogP contribution in [0.4, 0.5) is 8.78 Å². The van der Waals surface area contributed by atoms with Crippen LogP contribution >= 0.6 is 22.9 Å². The number of nitrogens with zero attached hydrogens (tertiary/aromatic N) is 2. The molecule has 0 unspecified atom stereocenters. The van der Waals surface area contributed by atoms with E-state index in [2.05, 4.69) is 5.10 Å². The van der Waals surface area contributed by atoms with Gasteiger partial charge < -0.3 is 0 Å². The number of aromatic nitrogens is 2. The Hall–Kier alpha value is -1.01. The van der Waals surface area contributed by atoms with Crippen LogP contribution in [0.1, 0.15) is 47.1 Å². The zero-order chi connectivity index (χ0) is 14.5. The van der Waals surface area contributed by atoms with Crippen molar-refractivity contribution in [2.24, 2.45) is 0 Å². The van der Waals surface area contributed by atoms with Gasteiger partial charge in [0.15, 0.2) is 0 Å². The van der Waals surface area contributed by atoms with E-state index in [1.807, 2.05) is 6.92 Å². The van der Waals surface area contributed by atoms with Gasteiger partial charge in [-0.25, -0.2) is 8.78 Å². The van der Waals surface area contributed by atoms with E-state index >= 15 is 0 Å². The van der Waals surface area contributed by atoms with E-state index in [1.54, 1.807) is 10.7 Å². The molecule has 2 heterocycles. The highest BCUT2D eigenvalue weighted by atomic mass is 35.5. The molecule has 0 radical (unpaired) electrons. The summed E-state index contributed by atoms with van der Waals surface area (Å²) in [5, 5.41) is 4.84. The van der Waals surface area contributed by atoms with Crippen molar-refractivity contribution in [3.63, 3.8) is 0 Å². The molecule has 0 aromatic carbocycles. The van der Waals surface area contributed by atoms with Gasteiger partial charge in [0.2, 0.25) is 5.92 Å². The van der Waals surface area contributed by atoms with Gasteiger partial charge in [0.1, 0.15) is 4.83 Å². The molecule has 1 aliphatic rings. The lowest BCUT2D eigenvalue weighted by molar-refractivity contribution is -0.0445. The van der Waals surface area contributed by atoms with Crippen molar-refractivity contribution in [2.45, 2.75) is 44.6 Å². The molecule has 2 aromatic heterocycles.